The molecule has 0 aliphatic heterocycles. The Kier molecular flexibility index (Phi) is 7.04. The lowest BCUT2D eigenvalue weighted by molar-refractivity contribution is 0.0600. The fourth-order valence-electron chi connectivity index (χ4n) is 2.19. The van der Waals surface area contributed by atoms with Crippen molar-refractivity contribution >= 4 is 23.4 Å². The normalized spacial score (nSPS) is 10.5. The van der Waals surface area contributed by atoms with Gasteiger partial charge in [-0.1, -0.05) is 0 Å². The van der Waals surface area contributed by atoms with Gasteiger partial charge in [0.15, 0.2) is 0 Å². The van der Waals surface area contributed by atoms with Crippen LogP contribution in [0.15, 0.2) is 36.7 Å². The molecule has 8 nitrogen and oxygen atoms in total. The minimum absolute atomic E-state index is 0.241. The summed E-state index contributed by atoms with van der Waals surface area (Å²) in [6.45, 7) is 1.48. The first-order valence-electron chi connectivity index (χ1n) is 8.20. The number of rotatable bonds is 8. The van der Waals surface area contributed by atoms with Crippen LogP contribution in [0, 0.1) is 0 Å². The molecule has 2 N–H and O–H groups in total. The van der Waals surface area contributed by atoms with Crippen LogP contribution in [-0.4, -0.2) is 61.0 Å². The van der Waals surface area contributed by atoms with Gasteiger partial charge in [-0.2, -0.15) is 0 Å². The summed E-state index contributed by atoms with van der Waals surface area (Å²) in [7, 11) is 5.31. The van der Waals surface area contributed by atoms with Crippen LogP contribution in [0.4, 0.5) is 11.5 Å². The van der Waals surface area contributed by atoms with Gasteiger partial charge in [-0.15, -0.1) is 0 Å². The number of benzene rings is 1. The number of hydrogen-bond acceptors (Lipinski definition) is 7. The third-order valence-electron chi connectivity index (χ3n) is 3.55. The maximum absolute atomic E-state index is 12.2. The Hall–Kier alpha value is -3.00. The summed E-state index contributed by atoms with van der Waals surface area (Å²) in [6, 6.07) is 8.33. The average molecular weight is 357 g/mol. The van der Waals surface area contributed by atoms with Gasteiger partial charge in [0.05, 0.1) is 12.7 Å². The first-order chi connectivity index (χ1) is 12.5. The maximum Gasteiger partial charge on any atom is 0.337 e. The van der Waals surface area contributed by atoms with E-state index in [0.717, 1.165) is 18.7 Å². The van der Waals surface area contributed by atoms with Gasteiger partial charge in [0.25, 0.3) is 5.91 Å². The van der Waals surface area contributed by atoms with Gasteiger partial charge in [0, 0.05) is 18.3 Å². The van der Waals surface area contributed by atoms with Crippen LogP contribution in [-0.2, 0) is 4.74 Å². The standard InChI is InChI=1S/C18H23N5O3/c1-23(2)10-4-9-19-17(24)15-11-16(21-12-20-15)22-14-7-5-13(6-8-14)18(25)26-3/h5-8,11-12H,4,9-10H2,1-3H3,(H,19,24)(H,20,21,22). The van der Waals surface area contributed by atoms with Gasteiger partial charge in [-0.25, -0.2) is 14.8 Å². The van der Waals surface area contributed by atoms with E-state index in [2.05, 4.69) is 30.2 Å². The molecule has 0 atom stereocenters. The van der Waals surface area contributed by atoms with Gasteiger partial charge in [-0.3, -0.25) is 4.79 Å². The van der Waals surface area contributed by atoms with Crippen LogP contribution >= 0.6 is 0 Å². The van der Waals surface area contributed by atoms with E-state index in [0.29, 0.717) is 23.6 Å². The highest BCUT2D eigenvalue weighted by atomic mass is 16.5. The van der Waals surface area contributed by atoms with Gasteiger partial charge in [-0.05, 0) is 51.3 Å². The van der Waals surface area contributed by atoms with Crippen LogP contribution in [0.25, 0.3) is 0 Å². The van der Waals surface area contributed by atoms with Crippen molar-refractivity contribution in [1.29, 1.82) is 0 Å². The number of amides is 1. The minimum Gasteiger partial charge on any atom is -0.465 e. The van der Waals surface area contributed by atoms with E-state index in [1.54, 1.807) is 30.3 Å². The Morgan fingerprint density at radius 2 is 1.88 bits per heavy atom. The first-order valence-corrected chi connectivity index (χ1v) is 8.20. The molecule has 0 aliphatic carbocycles. The fraction of sp³-hybridized carbons (Fsp3) is 0.333. The van der Waals surface area contributed by atoms with E-state index in [9.17, 15) is 9.59 Å². The number of ether oxygens (including phenoxy) is 1. The highest BCUT2D eigenvalue weighted by molar-refractivity contribution is 5.93. The van der Waals surface area contributed by atoms with Gasteiger partial charge in [0.2, 0.25) is 0 Å². The highest BCUT2D eigenvalue weighted by Gasteiger charge is 2.09. The zero-order valence-corrected chi connectivity index (χ0v) is 15.2. The summed E-state index contributed by atoms with van der Waals surface area (Å²) >= 11 is 0. The van der Waals surface area contributed by atoms with Crippen molar-refractivity contribution in [2.45, 2.75) is 6.42 Å². The summed E-state index contributed by atoms with van der Waals surface area (Å²) in [5.41, 5.74) is 1.48. The zero-order valence-electron chi connectivity index (χ0n) is 15.2. The monoisotopic (exact) mass is 357 g/mol. The molecular weight excluding hydrogens is 334 g/mol. The van der Waals surface area contributed by atoms with E-state index in [1.165, 1.54) is 13.4 Å². The van der Waals surface area contributed by atoms with Crippen molar-refractivity contribution < 1.29 is 14.3 Å². The van der Waals surface area contributed by atoms with Gasteiger partial charge >= 0.3 is 5.97 Å². The van der Waals surface area contributed by atoms with Crippen LogP contribution < -0.4 is 10.6 Å². The van der Waals surface area contributed by atoms with Crippen molar-refractivity contribution in [3.05, 3.63) is 47.9 Å². The molecule has 1 heterocycles. The quantitative estimate of drug-likeness (QED) is 0.548. The molecule has 8 heteroatoms. The second kappa shape index (κ2) is 9.47. The lowest BCUT2D eigenvalue weighted by atomic mass is 10.2. The molecule has 1 amide bonds. The van der Waals surface area contributed by atoms with E-state index < -0.39 is 5.97 Å². The van der Waals surface area contributed by atoms with E-state index in [1.807, 2.05) is 14.1 Å². The lowest BCUT2D eigenvalue weighted by Crippen LogP contribution is -2.27. The Morgan fingerprint density at radius 1 is 1.15 bits per heavy atom. The molecule has 0 saturated heterocycles. The van der Waals surface area contributed by atoms with Crippen molar-refractivity contribution in [2.75, 3.05) is 39.6 Å². The number of anilines is 2. The largest absolute Gasteiger partial charge is 0.465 e. The molecule has 2 rings (SSSR count). The number of nitrogens with one attached hydrogen (secondary N) is 2. The molecule has 1 aromatic carbocycles. The smallest absolute Gasteiger partial charge is 0.337 e. The molecule has 0 radical (unpaired) electrons. The second-order valence-corrected chi connectivity index (χ2v) is 5.90. The summed E-state index contributed by atoms with van der Waals surface area (Å²) in [4.78, 5) is 33.8. The second-order valence-electron chi connectivity index (χ2n) is 5.90. The molecule has 0 bridgehead atoms. The van der Waals surface area contributed by atoms with Gasteiger partial charge in [0.1, 0.15) is 17.8 Å². The molecule has 0 aliphatic rings. The third kappa shape index (κ3) is 5.82. The summed E-state index contributed by atoms with van der Waals surface area (Å²) < 4.78 is 4.66. The van der Waals surface area contributed by atoms with Gasteiger partial charge < -0.3 is 20.3 Å². The van der Waals surface area contributed by atoms with Crippen LogP contribution in [0.5, 0.6) is 0 Å². The molecule has 26 heavy (non-hydrogen) atoms. The predicted molar refractivity (Wildman–Crippen MR) is 98.6 cm³/mol. The Balaban J connectivity index is 1.96. The average Bonchev–Trinajstić information content (AvgIpc) is 2.65. The Bertz CT molecular complexity index is 747. The van der Waals surface area contributed by atoms with E-state index in [-0.39, 0.29) is 5.91 Å². The molecule has 0 unspecified atom stereocenters. The summed E-state index contributed by atoms with van der Waals surface area (Å²) in [5.74, 6) is -0.147. The SMILES string of the molecule is COC(=O)c1ccc(Nc2cc(C(=O)NCCCN(C)C)ncn2)cc1. The van der Waals surface area contributed by atoms with Crippen LogP contribution in [0.1, 0.15) is 27.3 Å². The number of carbonyl (C=O) groups excluding carboxylic acids is 2. The van der Waals surface area contributed by atoms with Crippen molar-refractivity contribution in [3.63, 3.8) is 0 Å². The van der Waals surface area contributed by atoms with E-state index >= 15 is 0 Å². The van der Waals surface area contributed by atoms with Crippen molar-refractivity contribution in [1.82, 2.24) is 20.2 Å². The zero-order chi connectivity index (χ0) is 18.9. The van der Waals surface area contributed by atoms with Crippen LogP contribution in [0.2, 0.25) is 0 Å². The molecule has 1 aromatic heterocycles. The Morgan fingerprint density at radius 3 is 2.54 bits per heavy atom. The topological polar surface area (TPSA) is 96.4 Å². The first kappa shape index (κ1) is 19.3. The molecular formula is C18H23N5O3. The number of methoxy groups -OCH3 is 1. The number of esters is 1. The molecule has 2 aromatic rings. The number of carbonyl (C=O) groups is 2. The third-order valence-corrected chi connectivity index (χ3v) is 3.55. The lowest BCUT2D eigenvalue weighted by Gasteiger charge is -2.10. The molecule has 0 saturated carbocycles. The molecule has 0 spiro atoms. The maximum atomic E-state index is 12.2. The minimum atomic E-state index is -0.396. The van der Waals surface area contributed by atoms with Crippen molar-refractivity contribution in [3.8, 4) is 0 Å². The number of aromatic nitrogens is 2. The Labute approximate surface area is 152 Å². The molecule has 0 fully saturated rings. The summed E-state index contributed by atoms with van der Waals surface area (Å²) in [6.07, 6.45) is 2.20. The number of nitrogens with zero attached hydrogens (tertiary/aromatic N) is 3. The van der Waals surface area contributed by atoms with E-state index in [4.69, 9.17) is 0 Å². The van der Waals surface area contributed by atoms with Crippen molar-refractivity contribution in [2.24, 2.45) is 0 Å². The van der Waals surface area contributed by atoms with Crippen LogP contribution in [0.3, 0.4) is 0 Å². The predicted octanol–water partition coefficient (Wildman–Crippen LogP) is 1.69. The molecule has 138 valence electrons. The number of hydrogen-bond donors (Lipinski definition) is 2. The summed E-state index contributed by atoms with van der Waals surface area (Å²) in [5, 5.41) is 5.91. The fourth-order valence-corrected chi connectivity index (χ4v) is 2.19. The highest BCUT2D eigenvalue weighted by Crippen LogP contribution is 2.16.